The number of amides is 2. The maximum Gasteiger partial charge on any atom is 0.257 e. The minimum Gasteiger partial charge on any atom is -0.494 e. The highest BCUT2D eigenvalue weighted by atomic mass is 32.1. The standard InChI is InChI=1S/C15H21N3O3S/c1-3-5-13(19)17-18-15(22)16-14(20)11-6-8-12(9-7-11)21-10-4-2/h6-9H,3-5,10H2,1-2H3,(H,17,19)(H2,16,18,20,22). The first-order valence-corrected chi connectivity index (χ1v) is 7.60. The molecule has 0 aliphatic rings. The summed E-state index contributed by atoms with van der Waals surface area (Å²) in [5.74, 6) is 0.173. The summed E-state index contributed by atoms with van der Waals surface area (Å²) in [6.07, 6.45) is 2.05. The van der Waals surface area contributed by atoms with Crippen LogP contribution in [0.3, 0.4) is 0 Å². The molecule has 0 atom stereocenters. The lowest BCUT2D eigenvalue weighted by atomic mass is 10.2. The largest absolute Gasteiger partial charge is 0.494 e. The Morgan fingerprint density at radius 1 is 1.09 bits per heavy atom. The van der Waals surface area contributed by atoms with E-state index < -0.39 is 0 Å². The highest BCUT2D eigenvalue weighted by Gasteiger charge is 2.08. The van der Waals surface area contributed by atoms with Crippen LogP contribution in [0.15, 0.2) is 24.3 Å². The van der Waals surface area contributed by atoms with Gasteiger partial charge >= 0.3 is 0 Å². The average molecular weight is 323 g/mol. The number of carbonyl (C=O) groups is 2. The average Bonchev–Trinajstić information content (AvgIpc) is 2.51. The molecular weight excluding hydrogens is 302 g/mol. The van der Waals surface area contributed by atoms with E-state index in [4.69, 9.17) is 17.0 Å². The molecule has 22 heavy (non-hydrogen) atoms. The third kappa shape index (κ3) is 6.53. The third-order valence-corrected chi connectivity index (χ3v) is 2.81. The van der Waals surface area contributed by atoms with Gasteiger partial charge in [0.25, 0.3) is 5.91 Å². The second-order valence-electron chi connectivity index (χ2n) is 4.58. The maximum atomic E-state index is 12.0. The number of hydrogen-bond acceptors (Lipinski definition) is 4. The molecule has 0 aromatic heterocycles. The molecule has 0 aliphatic carbocycles. The number of hydrogen-bond donors (Lipinski definition) is 3. The van der Waals surface area contributed by atoms with Crippen molar-refractivity contribution in [3.8, 4) is 5.75 Å². The molecular formula is C15H21N3O3S. The highest BCUT2D eigenvalue weighted by molar-refractivity contribution is 7.80. The molecule has 0 heterocycles. The van der Waals surface area contributed by atoms with Gasteiger partial charge in [-0.05, 0) is 49.3 Å². The van der Waals surface area contributed by atoms with E-state index in [1.807, 2.05) is 13.8 Å². The van der Waals surface area contributed by atoms with E-state index in [1.165, 1.54) is 0 Å². The zero-order valence-electron chi connectivity index (χ0n) is 12.8. The minimum absolute atomic E-state index is 0.0424. The van der Waals surface area contributed by atoms with Crippen molar-refractivity contribution < 1.29 is 14.3 Å². The van der Waals surface area contributed by atoms with Gasteiger partial charge in [0, 0.05) is 12.0 Å². The van der Waals surface area contributed by atoms with E-state index in [0.717, 1.165) is 12.8 Å². The van der Waals surface area contributed by atoms with E-state index in [9.17, 15) is 9.59 Å². The van der Waals surface area contributed by atoms with Crippen LogP contribution in [-0.2, 0) is 4.79 Å². The summed E-state index contributed by atoms with van der Waals surface area (Å²) in [6.45, 7) is 4.56. The Labute approximate surface area is 135 Å². The van der Waals surface area contributed by atoms with E-state index >= 15 is 0 Å². The van der Waals surface area contributed by atoms with Crippen LogP contribution in [0.1, 0.15) is 43.5 Å². The summed E-state index contributed by atoms with van der Waals surface area (Å²) in [4.78, 5) is 23.2. The van der Waals surface area contributed by atoms with Gasteiger partial charge in [-0.2, -0.15) is 0 Å². The zero-order chi connectivity index (χ0) is 16.4. The number of carbonyl (C=O) groups excluding carboxylic acids is 2. The molecule has 1 aromatic rings. The van der Waals surface area contributed by atoms with Gasteiger partial charge in [-0.1, -0.05) is 13.8 Å². The molecule has 0 spiro atoms. The number of thiocarbonyl (C=S) groups is 1. The normalized spacial score (nSPS) is 9.73. The monoisotopic (exact) mass is 323 g/mol. The van der Waals surface area contributed by atoms with E-state index in [-0.39, 0.29) is 16.9 Å². The Hall–Kier alpha value is -2.15. The Kier molecular flexibility index (Phi) is 7.91. The number of ether oxygens (including phenoxy) is 1. The molecule has 1 rings (SSSR count). The Balaban J connectivity index is 2.43. The Morgan fingerprint density at radius 3 is 2.36 bits per heavy atom. The van der Waals surface area contributed by atoms with Crippen LogP contribution in [0.25, 0.3) is 0 Å². The number of hydrazine groups is 1. The highest BCUT2D eigenvalue weighted by Crippen LogP contribution is 2.12. The molecule has 0 bridgehead atoms. The van der Waals surface area contributed by atoms with Gasteiger partial charge in [0.2, 0.25) is 5.91 Å². The lowest BCUT2D eigenvalue weighted by molar-refractivity contribution is -0.121. The first-order chi connectivity index (χ1) is 10.6. The fraction of sp³-hybridized carbons (Fsp3) is 0.400. The molecule has 6 nitrogen and oxygen atoms in total. The summed E-state index contributed by atoms with van der Waals surface area (Å²) in [6, 6.07) is 6.76. The van der Waals surface area contributed by atoms with Crippen molar-refractivity contribution in [1.29, 1.82) is 0 Å². The van der Waals surface area contributed by atoms with E-state index in [2.05, 4.69) is 16.2 Å². The van der Waals surface area contributed by atoms with Crippen LogP contribution in [0.5, 0.6) is 5.75 Å². The van der Waals surface area contributed by atoms with Crippen molar-refractivity contribution in [3.63, 3.8) is 0 Å². The summed E-state index contributed by atoms with van der Waals surface area (Å²) in [5, 5.41) is 2.52. The summed E-state index contributed by atoms with van der Waals surface area (Å²) >= 11 is 4.93. The lowest BCUT2D eigenvalue weighted by Gasteiger charge is -2.11. The predicted octanol–water partition coefficient (Wildman–Crippen LogP) is 1.91. The van der Waals surface area contributed by atoms with Crippen molar-refractivity contribution in [1.82, 2.24) is 16.2 Å². The van der Waals surface area contributed by atoms with Gasteiger partial charge in [-0.15, -0.1) is 0 Å². The molecule has 0 radical (unpaired) electrons. The minimum atomic E-state index is -0.357. The van der Waals surface area contributed by atoms with Gasteiger partial charge in [0.05, 0.1) is 6.61 Å². The van der Waals surface area contributed by atoms with Crippen LogP contribution < -0.4 is 20.9 Å². The summed E-state index contributed by atoms with van der Waals surface area (Å²) in [5.41, 5.74) is 5.34. The fourth-order valence-corrected chi connectivity index (χ4v) is 1.69. The molecule has 0 aliphatic heterocycles. The third-order valence-electron chi connectivity index (χ3n) is 2.61. The van der Waals surface area contributed by atoms with Crippen LogP contribution in [0, 0.1) is 0 Å². The SMILES string of the molecule is CCCOc1ccc(C(=O)NC(=S)NNC(=O)CCC)cc1. The first kappa shape index (κ1) is 17.9. The van der Waals surface area contributed by atoms with Gasteiger partial charge in [-0.25, -0.2) is 0 Å². The number of rotatable bonds is 6. The zero-order valence-corrected chi connectivity index (χ0v) is 13.6. The van der Waals surface area contributed by atoms with Gasteiger partial charge in [0.1, 0.15) is 5.75 Å². The Bertz CT molecular complexity index is 517. The quantitative estimate of drug-likeness (QED) is 0.550. The molecule has 0 saturated heterocycles. The van der Waals surface area contributed by atoms with Crippen molar-refractivity contribution in [2.45, 2.75) is 33.1 Å². The molecule has 2 amide bonds. The van der Waals surface area contributed by atoms with Crippen LogP contribution >= 0.6 is 12.2 Å². The number of benzene rings is 1. The second kappa shape index (κ2) is 9.73. The number of nitrogens with one attached hydrogen (secondary N) is 3. The maximum absolute atomic E-state index is 12.0. The van der Waals surface area contributed by atoms with Crippen LogP contribution in [-0.4, -0.2) is 23.5 Å². The van der Waals surface area contributed by atoms with Crippen LogP contribution in [0.2, 0.25) is 0 Å². The molecule has 0 fully saturated rings. The Morgan fingerprint density at radius 2 is 1.77 bits per heavy atom. The van der Waals surface area contributed by atoms with Crippen molar-refractivity contribution in [2.24, 2.45) is 0 Å². The molecule has 0 unspecified atom stereocenters. The topological polar surface area (TPSA) is 79.5 Å². The summed E-state index contributed by atoms with van der Waals surface area (Å²) < 4.78 is 5.44. The van der Waals surface area contributed by atoms with Crippen molar-refractivity contribution in [2.75, 3.05) is 6.61 Å². The van der Waals surface area contributed by atoms with Crippen molar-refractivity contribution >= 4 is 29.1 Å². The predicted molar refractivity (Wildman–Crippen MR) is 88.5 cm³/mol. The first-order valence-electron chi connectivity index (χ1n) is 7.19. The molecule has 7 heteroatoms. The van der Waals surface area contributed by atoms with Crippen LogP contribution in [0.4, 0.5) is 0 Å². The second-order valence-corrected chi connectivity index (χ2v) is 4.99. The molecule has 3 N–H and O–H groups in total. The molecule has 1 aromatic carbocycles. The van der Waals surface area contributed by atoms with Crippen molar-refractivity contribution in [3.05, 3.63) is 29.8 Å². The van der Waals surface area contributed by atoms with E-state index in [1.54, 1.807) is 24.3 Å². The summed E-state index contributed by atoms with van der Waals surface area (Å²) in [7, 11) is 0. The fourth-order valence-electron chi connectivity index (χ4n) is 1.55. The molecule has 120 valence electrons. The lowest BCUT2D eigenvalue weighted by Crippen LogP contribution is -2.48. The smallest absolute Gasteiger partial charge is 0.257 e. The van der Waals surface area contributed by atoms with Gasteiger partial charge in [-0.3, -0.25) is 25.8 Å². The van der Waals surface area contributed by atoms with E-state index in [0.29, 0.717) is 24.3 Å². The van der Waals surface area contributed by atoms with Gasteiger partial charge < -0.3 is 4.74 Å². The van der Waals surface area contributed by atoms with Gasteiger partial charge in [0.15, 0.2) is 5.11 Å². The molecule has 0 saturated carbocycles.